The normalized spacial score (nSPS) is 10.8. The highest BCUT2D eigenvalue weighted by Crippen LogP contribution is 2.14. The molecule has 5 heteroatoms. The summed E-state index contributed by atoms with van der Waals surface area (Å²) in [6.45, 7) is 1.23. The van der Waals surface area contributed by atoms with Crippen LogP contribution in [0.2, 0.25) is 0 Å². The monoisotopic (exact) mass is 313 g/mol. The molecule has 0 fully saturated rings. The molecule has 0 saturated carbocycles. The van der Waals surface area contributed by atoms with E-state index in [4.69, 9.17) is 0 Å². The summed E-state index contributed by atoms with van der Waals surface area (Å²) in [5.74, 6) is 0. The Balaban J connectivity index is 1.50. The maximum atomic E-state index is 12.1. The molecule has 2 heterocycles. The zero-order valence-corrected chi connectivity index (χ0v) is 13.3. The third-order valence-corrected chi connectivity index (χ3v) is 4.57. The van der Waals surface area contributed by atoms with Gasteiger partial charge in [0.1, 0.15) is 0 Å². The largest absolute Gasteiger partial charge is 0.357 e. The lowest BCUT2D eigenvalue weighted by Gasteiger charge is -2.17. The van der Waals surface area contributed by atoms with Crippen molar-refractivity contribution in [1.82, 2.24) is 15.2 Å². The number of fused-ring (bicyclic) bond motifs is 1. The molecular formula is C17H19N3OS. The predicted molar refractivity (Wildman–Crippen MR) is 91.2 cm³/mol. The van der Waals surface area contributed by atoms with Gasteiger partial charge in [-0.3, -0.25) is 0 Å². The Bertz CT molecular complexity index is 715. The van der Waals surface area contributed by atoms with Crippen LogP contribution >= 0.6 is 11.3 Å². The zero-order chi connectivity index (χ0) is 15.4. The molecule has 3 aromatic rings. The molecule has 0 radical (unpaired) electrons. The molecule has 1 aromatic carbocycles. The topological polar surface area (TPSA) is 48.1 Å². The van der Waals surface area contributed by atoms with Gasteiger partial charge in [-0.25, -0.2) is 4.79 Å². The molecule has 0 aliphatic carbocycles. The number of carbonyl (C=O) groups is 1. The summed E-state index contributed by atoms with van der Waals surface area (Å²) in [5.41, 5.74) is 2.11. The summed E-state index contributed by atoms with van der Waals surface area (Å²) in [6.07, 6.45) is 0.897. The number of rotatable bonds is 5. The van der Waals surface area contributed by atoms with Gasteiger partial charge in [0.15, 0.2) is 0 Å². The number of aromatic nitrogens is 1. The lowest BCUT2D eigenvalue weighted by atomic mass is 10.2. The van der Waals surface area contributed by atoms with Gasteiger partial charge in [0.25, 0.3) is 0 Å². The highest BCUT2D eigenvalue weighted by atomic mass is 32.1. The van der Waals surface area contributed by atoms with E-state index in [1.54, 1.807) is 16.2 Å². The Morgan fingerprint density at radius 1 is 1.27 bits per heavy atom. The Hall–Kier alpha value is -2.27. The lowest BCUT2D eigenvalue weighted by molar-refractivity contribution is 0.209. The van der Waals surface area contributed by atoms with Crippen LogP contribution in [0.3, 0.4) is 0 Å². The summed E-state index contributed by atoms with van der Waals surface area (Å²) in [7, 11) is 1.83. The quantitative estimate of drug-likeness (QED) is 0.742. The van der Waals surface area contributed by atoms with Crippen molar-refractivity contribution in [2.75, 3.05) is 13.6 Å². The second-order valence-electron chi connectivity index (χ2n) is 5.29. The summed E-state index contributed by atoms with van der Waals surface area (Å²) in [5, 5.41) is 6.17. The van der Waals surface area contributed by atoms with Crippen molar-refractivity contribution in [2.24, 2.45) is 0 Å². The van der Waals surface area contributed by atoms with Gasteiger partial charge in [0, 0.05) is 29.7 Å². The number of aromatic amines is 1. The summed E-state index contributed by atoms with van der Waals surface area (Å²) in [4.78, 5) is 18.4. The van der Waals surface area contributed by atoms with Crippen molar-refractivity contribution in [1.29, 1.82) is 0 Å². The summed E-state index contributed by atoms with van der Waals surface area (Å²) in [6, 6.07) is 14.3. The smallest absolute Gasteiger partial charge is 0.317 e. The molecule has 22 heavy (non-hydrogen) atoms. The number of amides is 2. The molecule has 4 nitrogen and oxygen atoms in total. The number of nitrogens with zero attached hydrogens (tertiary/aromatic N) is 1. The van der Waals surface area contributed by atoms with Gasteiger partial charge < -0.3 is 15.2 Å². The second-order valence-corrected chi connectivity index (χ2v) is 6.32. The van der Waals surface area contributed by atoms with E-state index < -0.39 is 0 Å². The maximum Gasteiger partial charge on any atom is 0.317 e. The molecule has 2 aromatic heterocycles. The highest BCUT2D eigenvalue weighted by Gasteiger charge is 2.09. The SMILES string of the molecule is CN(CCc1cccs1)C(=O)NCc1cc2ccccc2[nH]1. The average molecular weight is 313 g/mol. The number of H-pyrrole nitrogens is 1. The van der Waals surface area contributed by atoms with E-state index in [0.717, 1.165) is 29.6 Å². The van der Waals surface area contributed by atoms with Gasteiger partial charge in [0.05, 0.1) is 6.54 Å². The number of hydrogen-bond donors (Lipinski definition) is 2. The van der Waals surface area contributed by atoms with Gasteiger partial charge in [-0.15, -0.1) is 11.3 Å². The van der Waals surface area contributed by atoms with Crippen LogP contribution in [0.1, 0.15) is 10.6 Å². The van der Waals surface area contributed by atoms with Crippen LogP contribution in [0.15, 0.2) is 47.8 Å². The number of likely N-dealkylation sites (N-methyl/N-ethyl adjacent to an activating group) is 1. The summed E-state index contributed by atoms with van der Waals surface area (Å²) >= 11 is 1.73. The predicted octanol–water partition coefficient (Wildman–Crippen LogP) is 3.61. The standard InChI is InChI=1S/C17H19N3OS/c1-20(9-8-15-6-4-10-22-15)17(21)18-12-14-11-13-5-2-3-7-16(13)19-14/h2-7,10-11,19H,8-9,12H2,1H3,(H,18,21). The third-order valence-electron chi connectivity index (χ3n) is 3.64. The van der Waals surface area contributed by atoms with Crippen molar-refractivity contribution in [3.05, 3.63) is 58.4 Å². The van der Waals surface area contributed by atoms with Gasteiger partial charge in [0.2, 0.25) is 0 Å². The third kappa shape index (κ3) is 3.49. The van der Waals surface area contributed by atoms with E-state index in [1.165, 1.54) is 4.88 Å². The van der Waals surface area contributed by atoms with Crippen molar-refractivity contribution in [2.45, 2.75) is 13.0 Å². The van der Waals surface area contributed by atoms with Crippen molar-refractivity contribution < 1.29 is 4.79 Å². The molecule has 0 aliphatic rings. The van der Waals surface area contributed by atoms with Gasteiger partial charge in [-0.1, -0.05) is 24.3 Å². The fourth-order valence-electron chi connectivity index (χ4n) is 2.37. The molecule has 2 amide bonds. The van der Waals surface area contributed by atoms with Gasteiger partial charge in [-0.05, 0) is 35.4 Å². The minimum atomic E-state index is -0.0461. The number of para-hydroxylation sites is 1. The second kappa shape index (κ2) is 6.66. The number of thiophene rings is 1. The molecule has 114 valence electrons. The van der Waals surface area contributed by atoms with E-state index in [9.17, 15) is 4.79 Å². The number of hydrogen-bond acceptors (Lipinski definition) is 2. The van der Waals surface area contributed by atoms with Crippen molar-refractivity contribution >= 4 is 28.3 Å². The fourth-order valence-corrected chi connectivity index (χ4v) is 3.07. The number of benzene rings is 1. The molecule has 0 atom stereocenters. The molecule has 0 bridgehead atoms. The fraction of sp³-hybridized carbons (Fsp3) is 0.235. The first kappa shape index (κ1) is 14.7. The van der Waals surface area contributed by atoms with Crippen LogP contribution < -0.4 is 5.32 Å². The van der Waals surface area contributed by atoms with Crippen LogP contribution in [0.25, 0.3) is 10.9 Å². The Labute approximate surface area is 133 Å². The first-order valence-corrected chi connectivity index (χ1v) is 8.18. The van der Waals surface area contributed by atoms with Crippen molar-refractivity contribution in [3.63, 3.8) is 0 Å². The van der Waals surface area contributed by atoms with Gasteiger partial charge in [-0.2, -0.15) is 0 Å². The minimum Gasteiger partial charge on any atom is -0.357 e. The Morgan fingerprint density at radius 3 is 2.91 bits per heavy atom. The van der Waals surface area contributed by atoms with Crippen LogP contribution in [0.5, 0.6) is 0 Å². The molecule has 0 saturated heterocycles. The van der Waals surface area contributed by atoms with Crippen LogP contribution in [-0.4, -0.2) is 29.5 Å². The van der Waals surface area contributed by atoms with Crippen LogP contribution in [-0.2, 0) is 13.0 Å². The summed E-state index contributed by atoms with van der Waals surface area (Å²) < 4.78 is 0. The molecule has 2 N–H and O–H groups in total. The number of nitrogens with one attached hydrogen (secondary N) is 2. The van der Waals surface area contributed by atoms with Crippen molar-refractivity contribution in [3.8, 4) is 0 Å². The zero-order valence-electron chi connectivity index (χ0n) is 12.5. The van der Waals surface area contributed by atoms with E-state index >= 15 is 0 Å². The van der Waals surface area contributed by atoms with E-state index in [-0.39, 0.29) is 6.03 Å². The molecule has 0 aliphatic heterocycles. The number of carbonyl (C=O) groups excluding carboxylic acids is 1. The maximum absolute atomic E-state index is 12.1. The first-order valence-electron chi connectivity index (χ1n) is 7.30. The van der Waals surface area contributed by atoms with Crippen LogP contribution in [0, 0.1) is 0 Å². The average Bonchev–Trinajstić information content (AvgIpc) is 3.18. The van der Waals surface area contributed by atoms with Crippen LogP contribution in [0.4, 0.5) is 4.79 Å². The first-order chi connectivity index (χ1) is 10.7. The number of urea groups is 1. The Kier molecular flexibility index (Phi) is 4.44. The van der Waals surface area contributed by atoms with E-state index in [2.05, 4.69) is 33.9 Å². The minimum absolute atomic E-state index is 0.0461. The highest BCUT2D eigenvalue weighted by molar-refractivity contribution is 7.09. The molecule has 3 rings (SSSR count). The molecule has 0 unspecified atom stereocenters. The van der Waals surface area contributed by atoms with E-state index in [0.29, 0.717) is 6.54 Å². The lowest BCUT2D eigenvalue weighted by Crippen LogP contribution is -2.37. The van der Waals surface area contributed by atoms with Gasteiger partial charge >= 0.3 is 6.03 Å². The van der Waals surface area contributed by atoms with E-state index in [1.807, 2.05) is 31.3 Å². The molecule has 0 spiro atoms. The Morgan fingerprint density at radius 2 is 2.14 bits per heavy atom. The molecular weight excluding hydrogens is 294 g/mol.